The second-order valence-electron chi connectivity index (χ2n) is 8.24. The van der Waals surface area contributed by atoms with E-state index in [1.165, 1.54) is 54.4 Å². The summed E-state index contributed by atoms with van der Waals surface area (Å²) >= 11 is 0. The van der Waals surface area contributed by atoms with E-state index in [1.54, 1.807) is 0 Å². The Morgan fingerprint density at radius 2 is 1.48 bits per heavy atom. The molecule has 1 aliphatic rings. The third-order valence-electron chi connectivity index (χ3n) is 6.11. The topological polar surface area (TPSA) is 9.23 Å². The summed E-state index contributed by atoms with van der Waals surface area (Å²) in [5, 5.41) is 0. The normalized spacial score (nSPS) is 19.9. The molecule has 2 aromatic rings. The standard InChI is InChI=1S/C28H36O/c1-3-5-7-21-29-22-24-11-15-26(16-12-24)28-19-17-27(18-20-28)25-13-9-23(10-14-25)8-6-4-2/h4-7,11-12,15-20,23,25H,3,8-10,13-14,21-22H2,1-2H3/t23-,25-. The highest BCUT2D eigenvalue weighted by atomic mass is 16.5. The molecular formula is C28H36O. The highest BCUT2D eigenvalue weighted by molar-refractivity contribution is 5.64. The lowest BCUT2D eigenvalue weighted by Crippen LogP contribution is -2.12. The zero-order chi connectivity index (χ0) is 20.3. The fourth-order valence-electron chi connectivity index (χ4n) is 4.28. The predicted octanol–water partition coefficient (Wildman–Crippen LogP) is 8.08. The molecular weight excluding hydrogens is 352 g/mol. The Hall–Kier alpha value is -2.12. The van der Waals surface area contributed by atoms with E-state index in [9.17, 15) is 0 Å². The Labute approximate surface area is 177 Å². The monoisotopic (exact) mass is 388 g/mol. The quantitative estimate of drug-likeness (QED) is 0.311. The lowest BCUT2D eigenvalue weighted by Gasteiger charge is -2.28. The van der Waals surface area contributed by atoms with Crippen molar-refractivity contribution in [3.63, 3.8) is 0 Å². The highest BCUT2D eigenvalue weighted by Gasteiger charge is 2.21. The first-order valence-electron chi connectivity index (χ1n) is 11.3. The molecule has 0 bridgehead atoms. The summed E-state index contributed by atoms with van der Waals surface area (Å²) < 4.78 is 5.69. The Morgan fingerprint density at radius 3 is 2.10 bits per heavy atom. The SMILES string of the molecule is CC=CC[C@H]1CC[C@H](c2ccc(-c3ccc(COCC=CCC)cc3)cc2)CC1. The lowest BCUT2D eigenvalue weighted by molar-refractivity contribution is 0.148. The van der Waals surface area contributed by atoms with Crippen molar-refractivity contribution < 1.29 is 4.74 Å². The van der Waals surface area contributed by atoms with Crippen molar-refractivity contribution in [1.29, 1.82) is 0 Å². The minimum Gasteiger partial charge on any atom is -0.373 e. The number of ether oxygens (including phenoxy) is 1. The van der Waals surface area contributed by atoms with Gasteiger partial charge in [-0.1, -0.05) is 79.8 Å². The maximum atomic E-state index is 5.69. The van der Waals surface area contributed by atoms with Gasteiger partial charge in [0.05, 0.1) is 13.2 Å². The first-order chi connectivity index (χ1) is 14.3. The van der Waals surface area contributed by atoms with Gasteiger partial charge in [0.2, 0.25) is 0 Å². The second kappa shape index (κ2) is 11.8. The zero-order valence-corrected chi connectivity index (χ0v) is 18.1. The van der Waals surface area contributed by atoms with Crippen LogP contribution >= 0.6 is 0 Å². The highest BCUT2D eigenvalue weighted by Crippen LogP contribution is 2.37. The van der Waals surface area contributed by atoms with Gasteiger partial charge < -0.3 is 4.74 Å². The molecule has 1 aliphatic carbocycles. The molecule has 154 valence electrons. The Kier molecular flexibility index (Phi) is 8.77. The molecule has 0 unspecified atom stereocenters. The fourth-order valence-corrected chi connectivity index (χ4v) is 4.28. The van der Waals surface area contributed by atoms with Gasteiger partial charge in [-0.3, -0.25) is 0 Å². The molecule has 1 fully saturated rings. The van der Waals surface area contributed by atoms with Crippen LogP contribution < -0.4 is 0 Å². The summed E-state index contributed by atoms with van der Waals surface area (Å²) in [6.45, 7) is 5.62. The minimum atomic E-state index is 0.671. The smallest absolute Gasteiger partial charge is 0.0721 e. The Morgan fingerprint density at radius 1 is 0.828 bits per heavy atom. The largest absolute Gasteiger partial charge is 0.373 e. The molecule has 3 rings (SSSR count). The van der Waals surface area contributed by atoms with Gasteiger partial charge in [0.25, 0.3) is 0 Å². The molecule has 1 heteroatoms. The number of hydrogen-bond donors (Lipinski definition) is 0. The summed E-state index contributed by atoms with van der Waals surface area (Å²) in [5.41, 5.74) is 5.32. The first kappa shape index (κ1) is 21.6. The van der Waals surface area contributed by atoms with Crippen LogP contribution in [-0.2, 0) is 11.3 Å². The van der Waals surface area contributed by atoms with Crippen LogP contribution in [0.2, 0.25) is 0 Å². The number of benzene rings is 2. The van der Waals surface area contributed by atoms with Gasteiger partial charge in [-0.15, -0.1) is 0 Å². The van der Waals surface area contributed by atoms with Crippen molar-refractivity contribution in [2.75, 3.05) is 6.61 Å². The molecule has 0 amide bonds. The maximum absolute atomic E-state index is 5.69. The summed E-state index contributed by atoms with van der Waals surface area (Å²) in [6.07, 6.45) is 16.5. The van der Waals surface area contributed by atoms with E-state index in [4.69, 9.17) is 4.74 Å². The Bertz CT molecular complexity index is 759. The first-order valence-corrected chi connectivity index (χ1v) is 11.3. The van der Waals surface area contributed by atoms with Crippen LogP contribution in [-0.4, -0.2) is 6.61 Å². The van der Waals surface area contributed by atoms with Crippen molar-refractivity contribution >= 4 is 0 Å². The van der Waals surface area contributed by atoms with Crippen LogP contribution in [0.5, 0.6) is 0 Å². The minimum absolute atomic E-state index is 0.671. The lowest BCUT2D eigenvalue weighted by atomic mass is 9.77. The van der Waals surface area contributed by atoms with Gasteiger partial charge in [0.1, 0.15) is 0 Å². The molecule has 1 saturated carbocycles. The van der Waals surface area contributed by atoms with Gasteiger partial charge in [0.15, 0.2) is 0 Å². The van der Waals surface area contributed by atoms with E-state index in [0.29, 0.717) is 13.2 Å². The Balaban J connectivity index is 1.51. The van der Waals surface area contributed by atoms with Crippen molar-refractivity contribution in [2.45, 2.75) is 64.9 Å². The van der Waals surface area contributed by atoms with Crippen LogP contribution in [0.3, 0.4) is 0 Å². The van der Waals surface area contributed by atoms with Gasteiger partial charge >= 0.3 is 0 Å². The molecule has 0 N–H and O–H groups in total. The molecule has 0 spiro atoms. The van der Waals surface area contributed by atoms with E-state index >= 15 is 0 Å². The van der Waals surface area contributed by atoms with Gasteiger partial charge in [-0.2, -0.15) is 0 Å². The van der Waals surface area contributed by atoms with E-state index in [0.717, 1.165) is 18.3 Å². The van der Waals surface area contributed by atoms with Crippen molar-refractivity contribution in [1.82, 2.24) is 0 Å². The molecule has 1 nitrogen and oxygen atoms in total. The summed E-state index contributed by atoms with van der Waals surface area (Å²) in [6, 6.07) is 18.1. The van der Waals surface area contributed by atoms with Crippen LogP contribution in [0.1, 0.15) is 69.4 Å². The molecule has 0 radical (unpaired) electrons. The second-order valence-corrected chi connectivity index (χ2v) is 8.24. The molecule has 0 aromatic heterocycles. The van der Waals surface area contributed by atoms with Crippen molar-refractivity contribution in [3.8, 4) is 11.1 Å². The van der Waals surface area contributed by atoms with Crippen LogP contribution in [0.4, 0.5) is 0 Å². The van der Waals surface area contributed by atoms with E-state index in [2.05, 4.69) is 86.7 Å². The van der Waals surface area contributed by atoms with E-state index in [-0.39, 0.29) is 0 Å². The average Bonchev–Trinajstić information content (AvgIpc) is 2.78. The number of rotatable bonds is 9. The van der Waals surface area contributed by atoms with Crippen LogP contribution in [0.25, 0.3) is 11.1 Å². The number of allylic oxidation sites excluding steroid dienone is 3. The van der Waals surface area contributed by atoms with Crippen LogP contribution in [0.15, 0.2) is 72.8 Å². The van der Waals surface area contributed by atoms with Crippen molar-refractivity contribution in [2.24, 2.45) is 5.92 Å². The summed E-state index contributed by atoms with van der Waals surface area (Å²) in [4.78, 5) is 0. The molecule has 2 aromatic carbocycles. The van der Waals surface area contributed by atoms with Crippen molar-refractivity contribution in [3.05, 3.63) is 84.0 Å². The molecule has 0 heterocycles. The summed E-state index contributed by atoms with van der Waals surface area (Å²) in [5.74, 6) is 1.64. The predicted molar refractivity (Wildman–Crippen MR) is 125 cm³/mol. The zero-order valence-electron chi connectivity index (χ0n) is 18.1. The van der Waals surface area contributed by atoms with Gasteiger partial charge in [0, 0.05) is 0 Å². The van der Waals surface area contributed by atoms with E-state index < -0.39 is 0 Å². The molecule has 0 aliphatic heterocycles. The van der Waals surface area contributed by atoms with Gasteiger partial charge in [-0.25, -0.2) is 0 Å². The van der Waals surface area contributed by atoms with E-state index in [1.807, 2.05) is 0 Å². The summed E-state index contributed by atoms with van der Waals surface area (Å²) in [7, 11) is 0. The van der Waals surface area contributed by atoms with Crippen LogP contribution in [0, 0.1) is 5.92 Å². The maximum Gasteiger partial charge on any atom is 0.0721 e. The third kappa shape index (κ3) is 6.72. The molecule has 0 atom stereocenters. The third-order valence-corrected chi connectivity index (χ3v) is 6.11. The molecule has 29 heavy (non-hydrogen) atoms. The molecule has 0 saturated heterocycles. The number of hydrogen-bond acceptors (Lipinski definition) is 1. The average molecular weight is 389 g/mol. The fraction of sp³-hybridized carbons (Fsp3) is 0.429. The van der Waals surface area contributed by atoms with Gasteiger partial charge in [-0.05, 0) is 79.5 Å².